The van der Waals surface area contributed by atoms with Gasteiger partial charge in [-0.25, -0.2) is 0 Å². The van der Waals surface area contributed by atoms with Gasteiger partial charge >= 0.3 is 0 Å². The first kappa shape index (κ1) is 14.5. The molecular weight excluding hydrogens is 262 g/mol. The zero-order chi connectivity index (χ0) is 14.7. The topological polar surface area (TPSA) is 44.4 Å². The number of fused-ring (bicyclic) bond motifs is 1. The summed E-state index contributed by atoms with van der Waals surface area (Å²) in [6, 6.07) is 8.82. The third kappa shape index (κ3) is 3.63. The fraction of sp³-hybridized carbons (Fsp3) is 0.588. The van der Waals surface area contributed by atoms with Crippen LogP contribution >= 0.6 is 0 Å². The van der Waals surface area contributed by atoms with Gasteiger partial charge in [0.15, 0.2) is 0 Å². The van der Waals surface area contributed by atoms with E-state index < -0.39 is 0 Å². The average molecular weight is 287 g/mol. The van der Waals surface area contributed by atoms with Gasteiger partial charge in [-0.05, 0) is 43.9 Å². The molecular formula is C17H25N3O. The first-order valence-corrected chi connectivity index (χ1v) is 8.14. The van der Waals surface area contributed by atoms with Crippen LogP contribution in [-0.4, -0.2) is 42.5 Å². The summed E-state index contributed by atoms with van der Waals surface area (Å²) in [7, 11) is 0. The molecule has 1 fully saturated rings. The van der Waals surface area contributed by atoms with Gasteiger partial charge in [0.2, 0.25) is 5.91 Å². The first-order chi connectivity index (χ1) is 10.3. The maximum absolute atomic E-state index is 12.3. The molecule has 3 rings (SSSR count). The number of amides is 1. The van der Waals surface area contributed by atoms with Crippen LogP contribution in [0.5, 0.6) is 0 Å². The highest BCUT2D eigenvalue weighted by Gasteiger charge is 2.28. The van der Waals surface area contributed by atoms with E-state index in [9.17, 15) is 4.79 Å². The van der Waals surface area contributed by atoms with Crippen LogP contribution in [0.3, 0.4) is 0 Å². The molecule has 1 atom stereocenters. The van der Waals surface area contributed by atoms with E-state index in [0.29, 0.717) is 0 Å². The molecule has 1 aliphatic heterocycles. The Hall–Kier alpha value is -1.39. The maximum Gasteiger partial charge on any atom is 0.241 e. The summed E-state index contributed by atoms with van der Waals surface area (Å²) in [5, 5.41) is 6.48. The predicted molar refractivity (Wildman–Crippen MR) is 85.5 cm³/mol. The minimum Gasteiger partial charge on any atom is -0.324 e. The van der Waals surface area contributed by atoms with Gasteiger partial charge in [-0.15, -0.1) is 0 Å². The van der Waals surface area contributed by atoms with Crippen molar-refractivity contribution in [2.24, 2.45) is 0 Å². The third-order valence-corrected chi connectivity index (χ3v) is 4.55. The van der Waals surface area contributed by atoms with E-state index in [0.717, 1.165) is 44.2 Å². The van der Waals surface area contributed by atoms with Crippen LogP contribution in [0.4, 0.5) is 5.69 Å². The second-order valence-corrected chi connectivity index (χ2v) is 6.05. The van der Waals surface area contributed by atoms with E-state index >= 15 is 0 Å². The summed E-state index contributed by atoms with van der Waals surface area (Å²) < 4.78 is 0. The highest BCUT2D eigenvalue weighted by molar-refractivity contribution is 5.96. The van der Waals surface area contributed by atoms with Crippen LogP contribution < -0.4 is 10.6 Å². The number of hydrogen-bond acceptors (Lipinski definition) is 3. The van der Waals surface area contributed by atoms with Gasteiger partial charge < -0.3 is 10.6 Å². The number of likely N-dealkylation sites (N-methyl/N-ethyl adjacent to an activating group) is 1. The molecule has 1 heterocycles. The Morgan fingerprint density at radius 1 is 1.29 bits per heavy atom. The smallest absolute Gasteiger partial charge is 0.241 e. The Bertz CT molecular complexity index is 499. The van der Waals surface area contributed by atoms with Crippen molar-refractivity contribution in [3.05, 3.63) is 29.8 Å². The van der Waals surface area contributed by atoms with Crippen LogP contribution in [0, 0.1) is 0 Å². The predicted octanol–water partition coefficient (Wildman–Crippen LogP) is 2.01. The lowest BCUT2D eigenvalue weighted by molar-refractivity contribution is -0.118. The summed E-state index contributed by atoms with van der Waals surface area (Å²) in [4.78, 5) is 14.8. The molecule has 1 amide bonds. The van der Waals surface area contributed by atoms with E-state index in [1.165, 1.54) is 18.4 Å². The van der Waals surface area contributed by atoms with Crippen molar-refractivity contribution in [3.63, 3.8) is 0 Å². The van der Waals surface area contributed by atoms with Crippen molar-refractivity contribution < 1.29 is 4.79 Å². The molecule has 0 radical (unpaired) electrons. The van der Waals surface area contributed by atoms with Crippen LogP contribution in [0.25, 0.3) is 0 Å². The van der Waals surface area contributed by atoms with Gasteiger partial charge in [-0.2, -0.15) is 0 Å². The van der Waals surface area contributed by atoms with E-state index in [2.05, 4.69) is 28.5 Å². The van der Waals surface area contributed by atoms with Crippen LogP contribution in [0.1, 0.15) is 31.7 Å². The lowest BCUT2D eigenvalue weighted by Crippen LogP contribution is -2.43. The largest absolute Gasteiger partial charge is 0.324 e. The molecule has 1 unspecified atom stereocenters. The van der Waals surface area contributed by atoms with Crippen molar-refractivity contribution in [3.8, 4) is 0 Å². The minimum absolute atomic E-state index is 0.0738. The lowest BCUT2D eigenvalue weighted by Gasteiger charge is -2.22. The summed E-state index contributed by atoms with van der Waals surface area (Å²) in [6.45, 7) is 5.25. The van der Waals surface area contributed by atoms with Crippen molar-refractivity contribution in [2.45, 2.75) is 44.7 Å². The Morgan fingerprint density at radius 2 is 2.10 bits per heavy atom. The molecule has 1 saturated carbocycles. The van der Waals surface area contributed by atoms with Crippen LogP contribution in [0.2, 0.25) is 0 Å². The SMILES string of the molecule is CCN(CCNC1CCc2ccccc2NC1=O)C1CC1. The minimum atomic E-state index is -0.0738. The summed E-state index contributed by atoms with van der Waals surface area (Å²) in [5.41, 5.74) is 2.21. The molecule has 0 aromatic heterocycles. The van der Waals surface area contributed by atoms with Crippen molar-refractivity contribution >= 4 is 11.6 Å². The normalized spacial score (nSPS) is 21.8. The molecule has 0 saturated heterocycles. The number of nitrogens with zero attached hydrogens (tertiary/aromatic N) is 1. The number of para-hydroxylation sites is 1. The number of carbonyl (C=O) groups excluding carboxylic acids is 1. The number of carbonyl (C=O) groups is 1. The second-order valence-electron chi connectivity index (χ2n) is 6.05. The van der Waals surface area contributed by atoms with Crippen molar-refractivity contribution in [2.75, 3.05) is 25.0 Å². The highest BCUT2D eigenvalue weighted by atomic mass is 16.2. The Balaban J connectivity index is 1.51. The number of benzene rings is 1. The quantitative estimate of drug-likeness (QED) is 0.841. The van der Waals surface area contributed by atoms with Crippen LogP contribution in [0.15, 0.2) is 24.3 Å². The molecule has 0 spiro atoms. The molecule has 4 nitrogen and oxygen atoms in total. The molecule has 0 bridgehead atoms. The Morgan fingerprint density at radius 3 is 2.86 bits per heavy atom. The average Bonchev–Trinajstić information content (AvgIpc) is 3.32. The van der Waals surface area contributed by atoms with Gasteiger partial charge in [0.05, 0.1) is 6.04 Å². The summed E-state index contributed by atoms with van der Waals surface area (Å²) in [5.74, 6) is 0.106. The van der Waals surface area contributed by atoms with Gasteiger partial charge in [-0.1, -0.05) is 25.1 Å². The number of hydrogen-bond donors (Lipinski definition) is 2. The molecule has 2 aliphatic rings. The molecule has 114 valence electrons. The fourth-order valence-electron chi connectivity index (χ4n) is 3.13. The maximum atomic E-state index is 12.3. The second kappa shape index (κ2) is 6.58. The van der Waals surface area contributed by atoms with Gasteiger partial charge in [0.1, 0.15) is 0 Å². The number of rotatable bonds is 6. The standard InChI is InChI=1S/C17H25N3O/c1-2-20(14-8-9-14)12-11-18-16-10-7-13-5-3-4-6-15(13)19-17(16)21/h3-6,14,16,18H,2,7-12H2,1H3,(H,19,21). The number of anilines is 1. The van der Waals surface area contributed by atoms with E-state index in [1.807, 2.05) is 18.2 Å². The highest BCUT2D eigenvalue weighted by Crippen LogP contribution is 2.26. The zero-order valence-electron chi connectivity index (χ0n) is 12.8. The molecule has 1 aromatic carbocycles. The van der Waals surface area contributed by atoms with E-state index in [-0.39, 0.29) is 11.9 Å². The molecule has 1 aromatic rings. The molecule has 4 heteroatoms. The lowest BCUT2D eigenvalue weighted by atomic mass is 10.1. The van der Waals surface area contributed by atoms with Gasteiger partial charge in [0.25, 0.3) is 0 Å². The fourth-order valence-corrected chi connectivity index (χ4v) is 3.13. The van der Waals surface area contributed by atoms with E-state index in [4.69, 9.17) is 0 Å². The Kier molecular flexibility index (Phi) is 4.56. The van der Waals surface area contributed by atoms with Crippen molar-refractivity contribution in [1.82, 2.24) is 10.2 Å². The summed E-state index contributed by atoms with van der Waals surface area (Å²) in [6.07, 6.45) is 4.51. The monoisotopic (exact) mass is 287 g/mol. The number of aryl methyl sites for hydroxylation is 1. The third-order valence-electron chi connectivity index (χ3n) is 4.55. The molecule has 1 aliphatic carbocycles. The number of nitrogens with one attached hydrogen (secondary N) is 2. The molecule has 2 N–H and O–H groups in total. The zero-order valence-corrected chi connectivity index (χ0v) is 12.8. The van der Waals surface area contributed by atoms with Crippen LogP contribution in [-0.2, 0) is 11.2 Å². The van der Waals surface area contributed by atoms with Crippen molar-refractivity contribution in [1.29, 1.82) is 0 Å². The summed E-state index contributed by atoms with van der Waals surface area (Å²) >= 11 is 0. The first-order valence-electron chi connectivity index (χ1n) is 8.14. The Labute approximate surface area is 126 Å². The van der Waals surface area contributed by atoms with E-state index in [1.54, 1.807) is 0 Å². The van der Waals surface area contributed by atoms with Gasteiger partial charge in [0, 0.05) is 24.8 Å². The molecule has 21 heavy (non-hydrogen) atoms. The van der Waals surface area contributed by atoms with Gasteiger partial charge in [-0.3, -0.25) is 9.69 Å².